The van der Waals surface area contributed by atoms with E-state index in [1.165, 1.54) is 29.9 Å². The molecule has 1 aromatic carbocycles. The molecule has 2 aromatic heterocycles. The minimum atomic E-state index is -0.356. The van der Waals surface area contributed by atoms with Crippen LogP contribution in [0.5, 0.6) is 5.75 Å². The maximum absolute atomic E-state index is 12.9. The van der Waals surface area contributed by atoms with Crippen molar-refractivity contribution in [3.05, 3.63) is 64.7 Å². The van der Waals surface area contributed by atoms with Crippen molar-refractivity contribution in [1.29, 1.82) is 0 Å². The summed E-state index contributed by atoms with van der Waals surface area (Å²) in [5, 5.41) is 3.26. The summed E-state index contributed by atoms with van der Waals surface area (Å²) < 4.78 is 5.63. The van der Waals surface area contributed by atoms with E-state index in [1.807, 2.05) is 26.0 Å². The van der Waals surface area contributed by atoms with E-state index in [9.17, 15) is 9.59 Å². The van der Waals surface area contributed by atoms with Crippen molar-refractivity contribution in [3.8, 4) is 5.75 Å². The van der Waals surface area contributed by atoms with Crippen LogP contribution in [0.2, 0.25) is 0 Å². The van der Waals surface area contributed by atoms with Crippen molar-refractivity contribution < 1.29 is 14.3 Å². The molecule has 0 saturated heterocycles. The number of benzene rings is 1. The van der Waals surface area contributed by atoms with Crippen LogP contribution in [0.25, 0.3) is 0 Å². The van der Waals surface area contributed by atoms with E-state index in [1.54, 1.807) is 17.0 Å². The second kappa shape index (κ2) is 8.58. The minimum absolute atomic E-state index is 0.0321. The average molecular weight is 423 g/mol. The molecule has 0 radical (unpaired) electrons. The molecule has 1 aliphatic heterocycles. The van der Waals surface area contributed by atoms with Crippen LogP contribution >= 0.6 is 11.3 Å². The molecule has 0 spiro atoms. The lowest BCUT2D eigenvalue weighted by Crippen LogP contribution is -2.35. The topological polar surface area (TPSA) is 97.3 Å². The van der Waals surface area contributed by atoms with E-state index in [2.05, 4.69) is 20.3 Å². The summed E-state index contributed by atoms with van der Waals surface area (Å²) in [5.74, 6) is 0.356. The fourth-order valence-electron chi connectivity index (χ4n) is 3.13. The second-order valence-electron chi connectivity index (χ2n) is 7.10. The van der Waals surface area contributed by atoms with Gasteiger partial charge in [-0.15, -0.1) is 0 Å². The summed E-state index contributed by atoms with van der Waals surface area (Å²) in [6.45, 7) is 4.97. The third kappa shape index (κ3) is 4.46. The van der Waals surface area contributed by atoms with Gasteiger partial charge in [-0.1, -0.05) is 11.3 Å². The summed E-state index contributed by atoms with van der Waals surface area (Å²) in [7, 11) is 0. The maximum Gasteiger partial charge on any atom is 0.277 e. The van der Waals surface area contributed by atoms with Crippen LogP contribution < -0.4 is 10.1 Å². The van der Waals surface area contributed by atoms with Crippen molar-refractivity contribution in [2.45, 2.75) is 32.9 Å². The van der Waals surface area contributed by atoms with E-state index in [0.717, 1.165) is 16.3 Å². The van der Waals surface area contributed by atoms with Crippen LogP contribution in [-0.2, 0) is 13.0 Å². The third-order valence-corrected chi connectivity index (χ3v) is 5.51. The fourth-order valence-corrected chi connectivity index (χ4v) is 4.15. The van der Waals surface area contributed by atoms with Gasteiger partial charge in [0.2, 0.25) is 0 Å². The van der Waals surface area contributed by atoms with Crippen LogP contribution in [0.3, 0.4) is 0 Å². The summed E-state index contributed by atoms with van der Waals surface area (Å²) in [5.41, 5.74) is 1.77. The Balaban J connectivity index is 1.42. The predicted molar refractivity (Wildman–Crippen MR) is 113 cm³/mol. The number of ether oxygens (including phenoxy) is 1. The highest BCUT2D eigenvalue weighted by atomic mass is 32.1. The maximum atomic E-state index is 12.9. The number of anilines is 1. The standard InChI is InChI=1S/C21H21N5O3S/c1-13(2)29-15-5-3-14(4-6-15)20(28)26-10-7-16-18(12-26)30-21(24-16)25-19(27)17-11-22-8-9-23-17/h3-6,8-9,11,13H,7,10,12H2,1-2H3,(H,24,25,27). The molecule has 0 saturated carbocycles. The lowest BCUT2D eigenvalue weighted by molar-refractivity contribution is 0.0736. The molecule has 0 fully saturated rings. The van der Waals surface area contributed by atoms with Gasteiger partial charge in [0.25, 0.3) is 11.8 Å². The zero-order chi connectivity index (χ0) is 21.1. The smallest absolute Gasteiger partial charge is 0.277 e. The Labute approximate surface area is 178 Å². The molecule has 0 bridgehead atoms. The van der Waals surface area contributed by atoms with Gasteiger partial charge in [0.1, 0.15) is 11.4 Å². The van der Waals surface area contributed by atoms with Crippen LogP contribution in [0.1, 0.15) is 45.3 Å². The van der Waals surface area contributed by atoms with E-state index in [0.29, 0.717) is 30.2 Å². The van der Waals surface area contributed by atoms with Gasteiger partial charge in [0.15, 0.2) is 5.13 Å². The molecule has 8 nitrogen and oxygen atoms in total. The number of carbonyl (C=O) groups is 2. The summed E-state index contributed by atoms with van der Waals surface area (Å²) in [6, 6.07) is 7.20. The number of hydrogen-bond donors (Lipinski definition) is 1. The molecule has 3 aromatic rings. The average Bonchev–Trinajstić information content (AvgIpc) is 3.15. The van der Waals surface area contributed by atoms with Gasteiger partial charge in [-0.25, -0.2) is 9.97 Å². The molecule has 0 atom stereocenters. The van der Waals surface area contributed by atoms with Crippen molar-refractivity contribution in [3.63, 3.8) is 0 Å². The van der Waals surface area contributed by atoms with Crippen LogP contribution in [0, 0.1) is 0 Å². The number of aromatic nitrogens is 3. The summed E-state index contributed by atoms with van der Waals surface area (Å²) in [6.07, 6.45) is 5.11. The van der Waals surface area contributed by atoms with Gasteiger partial charge in [-0.2, -0.15) is 0 Å². The molecule has 1 aliphatic rings. The van der Waals surface area contributed by atoms with E-state index >= 15 is 0 Å². The zero-order valence-electron chi connectivity index (χ0n) is 16.7. The van der Waals surface area contributed by atoms with E-state index < -0.39 is 0 Å². The van der Waals surface area contributed by atoms with Crippen LogP contribution in [0.4, 0.5) is 5.13 Å². The first-order chi connectivity index (χ1) is 14.5. The number of nitrogens with zero attached hydrogens (tertiary/aromatic N) is 4. The molecule has 0 unspecified atom stereocenters. The van der Waals surface area contributed by atoms with Gasteiger partial charge < -0.3 is 9.64 Å². The van der Waals surface area contributed by atoms with Crippen LogP contribution in [-0.4, -0.2) is 44.3 Å². The Kier molecular flexibility index (Phi) is 5.71. The largest absolute Gasteiger partial charge is 0.491 e. The second-order valence-corrected chi connectivity index (χ2v) is 8.18. The highest BCUT2D eigenvalue weighted by Crippen LogP contribution is 2.29. The lowest BCUT2D eigenvalue weighted by atomic mass is 10.1. The van der Waals surface area contributed by atoms with Crippen LogP contribution in [0.15, 0.2) is 42.9 Å². The first-order valence-electron chi connectivity index (χ1n) is 9.61. The van der Waals surface area contributed by atoms with Gasteiger partial charge in [0, 0.05) is 35.8 Å². The first kappa shape index (κ1) is 20.0. The van der Waals surface area contributed by atoms with Gasteiger partial charge in [-0.3, -0.25) is 19.9 Å². The van der Waals surface area contributed by atoms with Crippen molar-refractivity contribution in [1.82, 2.24) is 19.9 Å². The molecule has 3 heterocycles. The highest BCUT2D eigenvalue weighted by Gasteiger charge is 2.25. The first-order valence-corrected chi connectivity index (χ1v) is 10.4. The molecule has 1 N–H and O–H groups in total. The SMILES string of the molecule is CC(C)Oc1ccc(C(=O)N2CCc3nc(NC(=O)c4cnccn4)sc3C2)cc1. The Bertz CT molecular complexity index is 1050. The Morgan fingerprint density at radius 1 is 1.20 bits per heavy atom. The third-order valence-electron chi connectivity index (χ3n) is 4.51. The molecule has 30 heavy (non-hydrogen) atoms. The number of hydrogen-bond acceptors (Lipinski definition) is 7. The molecule has 0 aliphatic carbocycles. The lowest BCUT2D eigenvalue weighted by Gasteiger charge is -2.26. The number of amides is 2. The molecule has 4 rings (SSSR count). The molecule has 9 heteroatoms. The number of carbonyl (C=O) groups excluding carboxylic acids is 2. The summed E-state index contributed by atoms with van der Waals surface area (Å²) >= 11 is 1.38. The molecular weight excluding hydrogens is 402 g/mol. The minimum Gasteiger partial charge on any atom is -0.491 e. The monoisotopic (exact) mass is 423 g/mol. The molecule has 154 valence electrons. The summed E-state index contributed by atoms with van der Waals surface area (Å²) in [4.78, 5) is 40.3. The predicted octanol–water partition coefficient (Wildman–Crippen LogP) is 3.17. The quantitative estimate of drug-likeness (QED) is 0.677. The highest BCUT2D eigenvalue weighted by molar-refractivity contribution is 7.15. The van der Waals surface area contributed by atoms with E-state index in [-0.39, 0.29) is 23.6 Å². The number of nitrogens with one attached hydrogen (secondary N) is 1. The zero-order valence-corrected chi connectivity index (χ0v) is 17.5. The van der Waals surface area contributed by atoms with E-state index in [4.69, 9.17) is 4.74 Å². The Morgan fingerprint density at radius 3 is 2.70 bits per heavy atom. The number of fused-ring (bicyclic) bond motifs is 1. The van der Waals surface area contributed by atoms with Gasteiger partial charge in [0.05, 0.1) is 24.5 Å². The van der Waals surface area contributed by atoms with Crippen molar-refractivity contribution in [2.75, 3.05) is 11.9 Å². The van der Waals surface area contributed by atoms with Gasteiger partial charge >= 0.3 is 0 Å². The fraction of sp³-hybridized carbons (Fsp3) is 0.286. The Morgan fingerprint density at radius 2 is 2.00 bits per heavy atom. The Hall–Kier alpha value is -3.33. The molecular formula is C21H21N5O3S. The number of rotatable bonds is 5. The normalized spacial score (nSPS) is 13.1. The molecule has 2 amide bonds. The van der Waals surface area contributed by atoms with Gasteiger partial charge in [-0.05, 0) is 38.1 Å². The van der Waals surface area contributed by atoms with Crippen molar-refractivity contribution >= 4 is 28.3 Å². The number of thiazole rings is 1. The van der Waals surface area contributed by atoms with Crippen molar-refractivity contribution in [2.24, 2.45) is 0 Å².